The predicted molar refractivity (Wildman–Crippen MR) is 68.2 cm³/mol. The van der Waals surface area contributed by atoms with E-state index in [-0.39, 0.29) is 0 Å². The van der Waals surface area contributed by atoms with Crippen LogP contribution in [0.5, 0.6) is 5.75 Å². The maximum absolute atomic E-state index is 5.82. The van der Waals surface area contributed by atoms with Gasteiger partial charge in [-0.05, 0) is 36.2 Å². The molecule has 0 unspecified atom stereocenters. The number of rotatable bonds is 2. The first-order chi connectivity index (χ1) is 8.11. The molecule has 88 valence electrons. The minimum atomic E-state index is 0.324. The number of methoxy groups -OCH3 is 1. The van der Waals surface area contributed by atoms with E-state index in [0.717, 1.165) is 22.4 Å². The minimum absolute atomic E-state index is 0.324. The lowest BCUT2D eigenvalue weighted by molar-refractivity contribution is 0.414. The Kier molecular flexibility index (Phi) is 3.15. The van der Waals surface area contributed by atoms with Crippen molar-refractivity contribution < 1.29 is 4.74 Å². The number of hydrogen-bond acceptors (Lipinski definition) is 4. The summed E-state index contributed by atoms with van der Waals surface area (Å²) in [5, 5.41) is 7.82. The van der Waals surface area contributed by atoms with Gasteiger partial charge in [0.15, 0.2) is 11.0 Å². The molecule has 1 heterocycles. The number of halogens is 1. The number of hydrogen-bond donors (Lipinski definition) is 1. The molecule has 0 fully saturated rings. The largest absolute Gasteiger partial charge is 0.497 e. The molecule has 2 N–H and O–H groups in total. The fourth-order valence-electron chi connectivity index (χ4n) is 1.66. The van der Waals surface area contributed by atoms with Gasteiger partial charge in [-0.2, -0.15) is 0 Å². The summed E-state index contributed by atoms with van der Waals surface area (Å²) in [6.45, 7) is 1.98. The second-order valence-electron chi connectivity index (χ2n) is 3.65. The van der Waals surface area contributed by atoms with E-state index >= 15 is 0 Å². The highest BCUT2D eigenvalue weighted by molar-refractivity contribution is 6.29. The van der Waals surface area contributed by atoms with E-state index in [4.69, 9.17) is 22.1 Å². The van der Waals surface area contributed by atoms with Gasteiger partial charge in [-0.25, -0.2) is 0 Å². The van der Waals surface area contributed by atoms with Crippen molar-refractivity contribution in [2.75, 3.05) is 12.8 Å². The van der Waals surface area contributed by atoms with Crippen LogP contribution in [0.2, 0.25) is 5.15 Å². The van der Waals surface area contributed by atoms with Gasteiger partial charge in [-0.3, -0.25) is 0 Å². The first-order valence-corrected chi connectivity index (χ1v) is 5.43. The molecule has 0 aliphatic carbocycles. The zero-order valence-corrected chi connectivity index (χ0v) is 10.3. The molecule has 0 saturated carbocycles. The SMILES string of the molecule is COc1ccc(-c2cc(Cl)nnc2N)c(C)c1. The first kappa shape index (κ1) is 11.7. The van der Waals surface area contributed by atoms with Crippen molar-refractivity contribution in [3.05, 3.63) is 35.0 Å². The molecule has 0 aliphatic heterocycles. The third-order valence-corrected chi connectivity index (χ3v) is 2.70. The molecular weight excluding hydrogens is 238 g/mol. The van der Waals surface area contributed by atoms with Crippen molar-refractivity contribution in [3.8, 4) is 16.9 Å². The smallest absolute Gasteiger partial charge is 0.154 e. The highest BCUT2D eigenvalue weighted by Crippen LogP contribution is 2.30. The molecule has 2 rings (SSSR count). The third-order valence-electron chi connectivity index (χ3n) is 2.52. The molecule has 4 nitrogen and oxygen atoms in total. The molecule has 0 spiro atoms. The Morgan fingerprint density at radius 1 is 1.18 bits per heavy atom. The van der Waals surface area contributed by atoms with Crippen LogP contribution in [0.15, 0.2) is 24.3 Å². The predicted octanol–water partition coefficient (Wildman–Crippen LogP) is 2.70. The average Bonchev–Trinajstić information content (AvgIpc) is 2.32. The zero-order chi connectivity index (χ0) is 12.4. The quantitative estimate of drug-likeness (QED) is 0.889. The summed E-state index contributed by atoms with van der Waals surface area (Å²) >= 11 is 5.82. The van der Waals surface area contributed by atoms with Crippen LogP contribution in [0.25, 0.3) is 11.1 Å². The van der Waals surface area contributed by atoms with E-state index in [1.165, 1.54) is 0 Å². The van der Waals surface area contributed by atoms with Gasteiger partial charge < -0.3 is 10.5 Å². The van der Waals surface area contributed by atoms with Gasteiger partial charge >= 0.3 is 0 Å². The van der Waals surface area contributed by atoms with Crippen LogP contribution in [0, 0.1) is 6.92 Å². The maximum atomic E-state index is 5.82. The topological polar surface area (TPSA) is 61.0 Å². The van der Waals surface area contributed by atoms with Gasteiger partial charge in [-0.1, -0.05) is 17.7 Å². The molecule has 2 aromatic rings. The number of aromatic nitrogens is 2. The highest BCUT2D eigenvalue weighted by atomic mass is 35.5. The lowest BCUT2D eigenvalue weighted by Gasteiger charge is -2.09. The Hall–Kier alpha value is -1.81. The van der Waals surface area contributed by atoms with Crippen LogP contribution in [0.1, 0.15) is 5.56 Å². The Morgan fingerprint density at radius 3 is 2.59 bits per heavy atom. The lowest BCUT2D eigenvalue weighted by atomic mass is 10.0. The molecule has 0 saturated heterocycles. The van der Waals surface area contributed by atoms with Gasteiger partial charge in [0.1, 0.15) is 5.75 Å². The lowest BCUT2D eigenvalue weighted by Crippen LogP contribution is -1.98. The maximum Gasteiger partial charge on any atom is 0.154 e. The number of aryl methyl sites for hydroxylation is 1. The van der Waals surface area contributed by atoms with Crippen molar-refractivity contribution >= 4 is 17.4 Å². The van der Waals surface area contributed by atoms with Crippen LogP contribution in [0.4, 0.5) is 5.82 Å². The summed E-state index contributed by atoms with van der Waals surface area (Å²) in [5.41, 5.74) is 8.59. The zero-order valence-electron chi connectivity index (χ0n) is 9.57. The van der Waals surface area contributed by atoms with E-state index in [9.17, 15) is 0 Å². The van der Waals surface area contributed by atoms with E-state index in [0.29, 0.717) is 11.0 Å². The van der Waals surface area contributed by atoms with Crippen molar-refractivity contribution in [3.63, 3.8) is 0 Å². The van der Waals surface area contributed by atoms with Crippen LogP contribution in [0.3, 0.4) is 0 Å². The van der Waals surface area contributed by atoms with E-state index in [1.807, 2.05) is 25.1 Å². The fourth-order valence-corrected chi connectivity index (χ4v) is 1.81. The first-order valence-electron chi connectivity index (χ1n) is 5.05. The monoisotopic (exact) mass is 249 g/mol. The van der Waals surface area contributed by atoms with Crippen molar-refractivity contribution in [1.29, 1.82) is 0 Å². The van der Waals surface area contributed by atoms with Gasteiger partial charge in [0, 0.05) is 5.56 Å². The summed E-state index contributed by atoms with van der Waals surface area (Å²) in [7, 11) is 1.63. The van der Waals surface area contributed by atoms with Crippen molar-refractivity contribution in [1.82, 2.24) is 10.2 Å². The second-order valence-corrected chi connectivity index (χ2v) is 4.03. The number of ether oxygens (including phenoxy) is 1. The Bertz CT molecular complexity index is 557. The van der Waals surface area contributed by atoms with Gasteiger partial charge in [0.2, 0.25) is 0 Å². The second kappa shape index (κ2) is 4.59. The van der Waals surface area contributed by atoms with E-state index in [1.54, 1.807) is 13.2 Å². The van der Waals surface area contributed by atoms with Crippen molar-refractivity contribution in [2.24, 2.45) is 0 Å². The molecule has 0 atom stereocenters. The van der Waals surface area contributed by atoms with E-state index in [2.05, 4.69) is 10.2 Å². The van der Waals surface area contributed by atoms with Gasteiger partial charge in [-0.15, -0.1) is 10.2 Å². The van der Waals surface area contributed by atoms with Crippen LogP contribution in [-0.4, -0.2) is 17.3 Å². The van der Waals surface area contributed by atoms with Crippen LogP contribution >= 0.6 is 11.6 Å². The summed E-state index contributed by atoms with van der Waals surface area (Å²) < 4.78 is 5.15. The normalized spacial score (nSPS) is 10.3. The average molecular weight is 250 g/mol. The minimum Gasteiger partial charge on any atom is -0.497 e. The summed E-state index contributed by atoms with van der Waals surface area (Å²) in [5.74, 6) is 1.17. The summed E-state index contributed by atoms with van der Waals surface area (Å²) in [6, 6.07) is 7.44. The molecule has 5 heteroatoms. The molecule has 0 radical (unpaired) electrons. The Labute approximate surface area is 104 Å². The van der Waals surface area contributed by atoms with Crippen molar-refractivity contribution in [2.45, 2.75) is 6.92 Å². The molecule has 17 heavy (non-hydrogen) atoms. The number of nitrogen functional groups attached to an aromatic ring is 1. The molecule has 0 bridgehead atoms. The molecular formula is C12H12ClN3O. The number of nitrogens with zero attached hydrogens (tertiary/aromatic N) is 2. The Balaban J connectivity index is 2.56. The standard InChI is InChI=1S/C12H12ClN3O/c1-7-5-8(17-2)3-4-9(7)10-6-11(13)15-16-12(10)14/h3-6H,1-2H3,(H2,14,16). The molecule has 0 amide bonds. The molecule has 1 aromatic heterocycles. The number of anilines is 1. The van der Waals surface area contributed by atoms with E-state index < -0.39 is 0 Å². The number of benzene rings is 1. The Morgan fingerprint density at radius 2 is 1.94 bits per heavy atom. The highest BCUT2D eigenvalue weighted by Gasteiger charge is 2.09. The fraction of sp³-hybridized carbons (Fsp3) is 0.167. The third kappa shape index (κ3) is 2.31. The summed E-state index contributed by atoms with van der Waals surface area (Å²) in [4.78, 5) is 0. The van der Waals surface area contributed by atoms with Gasteiger partial charge in [0.25, 0.3) is 0 Å². The van der Waals surface area contributed by atoms with Crippen LogP contribution < -0.4 is 10.5 Å². The summed E-state index contributed by atoms with van der Waals surface area (Å²) in [6.07, 6.45) is 0. The number of nitrogens with two attached hydrogens (primary N) is 1. The molecule has 1 aromatic carbocycles. The van der Waals surface area contributed by atoms with Gasteiger partial charge in [0.05, 0.1) is 7.11 Å². The van der Waals surface area contributed by atoms with Crippen LogP contribution in [-0.2, 0) is 0 Å². The molecule has 0 aliphatic rings.